The molecule has 0 saturated carbocycles. The van der Waals surface area contributed by atoms with Gasteiger partial charge in [-0.15, -0.1) is 0 Å². The van der Waals surface area contributed by atoms with Crippen LogP contribution in [-0.2, 0) is 0 Å². The molecule has 0 bridgehead atoms. The zero-order valence-corrected chi connectivity index (χ0v) is 11.9. The summed E-state index contributed by atoms with van der Waals surface area (Å²) in [7, 11) is 0. The Bertz CT molecular complexity index is 862. The van der Waals surface area contributed by atoms with Gasteiger partial charge in [0.05, 0.1) is 11.9 Å². The molecule has 0 spiro atoms. The number of nitrogens with one attached hydrogen (secondary N) is 2. The molecule has 0 aliphatic carbocycles. The molecule has 0 fully saturated rings. The van der Waals surface area contributed by atoms with Gasteiger partial charge in [0.2, 0.25) is 0 Å². The van der Waals surface area contributed by atoms with Crippen LogP contribution in [0.1, 0.15) is 11.1 Å². The third kappa shape index (κ3) is 3.33. The van der Waals surface area contributed by atoms with Gasteiger partial charge in [-0.25, -0.2) is 4.99 Å². The fourth-order valence-corrected chi connectivity index (χ4v) is 1.90. The highest BCUT2D eigenvalue weighted by atomic mass is 16.3. The predicted molar refractivity (Wildman–Crippen MR) is 86.2 cm³/mol. The Kier molecular flexibility index (Phi) is 3.98. The molecule has 0 unspecified atom stereocenters. The number of rotatable bonds is 4. The van der Waals surface area contributed by atoms with Crippen LogP contribution in [0.3, 0.4) is 0 Å². The Hall–Kier alpha value is -3.66. The number of nitrogens with zero attached hydrogens (tertiary/aromatic N) is 4. The predicted octanol–water partition coefficient (Wildman–Crippen LogP) is 2.88. The molecule has 0 atom stereocenters. The smallest absolute Gasteiger partial charge is 0.172 e. The lowest BCUT2D eigenvalue weighted by Gasteiger charge is -2.01. The Morgan fingerprint density at radius 2 is 2.09 bits per heavy atom. The number of hydrogen-bond donors (Lipinski definition) is 3. The minimum absolute atomic E-state index is 0.185. The van der Waals surface area contributed by atoms with Gasteiger partial charge in [0.15, 0.2) is 11.6 Å². The van der Waals surface area contributed by atoms with E-state index in [-0.39, 0.29) is 5.75 Å². The molecule has 112 valence electrons. The average Bonchev–Trinajstić information content (AvgIpc) is 2.97. The normalized spacial score (nSPS) is 10.6. The van der Waals surface area contributed by atoms with Crippen molar-refractivity contribution < 1.29 is 5.11 Å². The van der Waals surface area contributed by atoms with E-state index in [2.05, 4.69) is 31.6 Å². The van der Waals surface area contributed by atoms with Gasteiger partial charge in [0.1, 0.15) is 17.4 Å². The van der Waals surface area contributed by atoms with Gasteiger partial charge in [-0.2, -0.15) is 10.4 Å². The van der Waals surface area contributed by atoms with Crippen LogP contribution < -0.4 is 5.32 Å². The SMILES string of the molecule is N#Cc1c(Nc2cccnc2)n[nH]c1N=Cc1ccc(O)cc1. The molecule has 3 rings (SSSR count). The van der Waals surface area contributed by atoms with Gasteiger partial charge in [-0.3, -0.25) is 10.1 Å². The lowest BCUT2D eigenvalue weighted by molar-refractivity contribution is 0.475. The topological polar surface area (TPSA) is 110 Å². The summed E-state index contributed by atoms with van der Waals surface area (Å²) in [4.78, 5) is 8.23. The van der Waals surface area contributed by atoms with E-state index in [0.29, 0.717) is 17.2 Å². The Balaban J connectivity index is 1.84. The maximum absolute atomic E-state index is 9.33. The molecule has 3 aromatic rings. The molecule has 2 aromatic heterocycles. The fraction of sp³-hybridized carbons (Fsp3) is 0. The number of phenolic OH excluding ortho intramolecular Hbond substituents is 1. The highest BCUT2D eigenvalue weighted by Gasteiger charge is 2.12. The maximum Gasteiger partial charge on any atom is 0.172 e. The molecule has 2 heterocycles. The first-order valence-electron chi connectivity index (χ1n) is 6.75. The number of anilines is 2. The van der Waals surface area contributed by atoms with E-state index in [4.69, 9.17) is 0 Å². The standard InChI is InChI=1S/C16H12N6O/c17-8-14-15(19-9-11-3-5-13(23)6-4-11)21-22-16(14)20-12-2-1-7-18-10-12/h1-7,9-10,23H,(H2,20,21,22). The monoisotopic (exact) mass is 304 g/mol. The number of benzene rings is 1. The second-order valence-electron chi connectivity index (χ2n) is 4.62. The van der Waals surface area contributed by atoms with Crippen molar-refractivity contribution >= 4 is 23.5 Å². The molecule has 7 nitrogen and oxygen atoms in total. The van der Waals surface area contributed by atoms with Crippen molar-refractivity contribution in [3.05, 3.63) is 59.9 Å². The van der Waals surface area contributed by atoms with Crippen molar-refractivity contribution in [3.8, 4) is 11.8 Å². The van der Waals surface area contributed by atoms with E-state index in [1.807, 2.05) is 6.07 Å². The number of aromatic hydroxyl groups is 1. The molecule has 0 amide bonds. The summed E-state index contributed by atoms with van der Waals surface area (Å²) < 4.78 is 0. The minimum atomic E-state index is 0.185. The number of nitriles is 1. The van der Waals surface area contributed by atoms with E-state index < -0.39 is 0 Å². The second kappa shape index (κ2) is 6.41. The summed E-state index contributed by atoms with van der Waals surface area (Å²) in [6, 6.07) is 12.2. The van der Waals surface area contributed by atoms with Crippen LogP contribution >= 0.6 is 0 Å². The summed E-state index contributed by atoms with van der Waals surface area (Å²) in [5.41, 5.74) is 1.83. The number of pyridine rings is 1. The second-order valence-corrected chi connectivity index (χ2v) is 4.62. The number of H-pyrrole nitrogens is 1. The van der Waals surface area contributed by atoms with Crippen molar-refractivity contribution in [3.63, 3.8) is 0 Å². The van der Waals surface area contributed by atoms with Crippen molar-refractivity contribution in [1.29, 1.82) is 5.26 Å². The van der Waals surface area contributed by atoms with Crippen LogP contribution in [0.5, 0.6) is 5.75 Å². The Labute approximate surface area is 132 Å². The molecule has 0 saturated heterocycles. The van der Waals surface area contributed by atoms with Crippen molar-refractivity contribution in [2.75, 3.05) is 5.32 Å². The Morgan fingerprint density at radius 3 is 2.78 bits per heavy atom. The molecular formula is C16H12N6O. The van der Waals surface area contributed by atoms with Gasteiger partial charge in [0, 0.05) is 12.4 Å². The zero-order chi connectivity index (χ0) is 16.1. The first kappa shape index (κ1) is 14.3. The van der Waals surface area contributed by atoms with Gasteiger partial charge in [-0.1, -0.05) is 0 Å². The van der Waals surface area contributed by atoms with Gasteiger partial charge >= 0.3 is 0 Å². The molecular weight excluding hydrogens is 292 g/mol. The first-order chi connectivity index (χ1) is 11.3. The van der Waals surface area contributed by atoms with Crippen LogP contribution in [0.25, 0.3) is 0 Å². The number of aromatic nitrogens is 3. The van der Waals surface area contributed by atoms with Gasteiger partial charge in [0.25, 0.3) is 0 Å². The highest BCUT2D eigenvalue weighted by molar-refractivity contribution is 5.83. The van der Waals surface area contributed by atoms with Crippen LogP contribution in [0.15, 0.2) is 53.8 Å². The highest BCUT2D eigenvalue weighted by Crippen LogP contribution is 2.25. The fourth-order valence-electron chi connectivity index (χ4n) is 1.90. The minimum Gasteiger partial charge on any atom is -0.508 e. The summed E-state index contributed by atoms with van der Waals surface area (Å²) in [5, 5.41) is 28.4. The lowest BCUT2D eigenvalue weighted by Crippen LogP contribution is -1.93. The van der Waals surface area contributed by atoms with Crippen LogP contribution in [0, 0.1) is 11.3 Å². The molecule has 0 aliphatic rings. The number of aliphatic imine (C=N–C) groups is 1. The van der Waals surface area contributed by atoms with E-state index in [1.54, 1.807) is 48.9 Å². The largest absolute Gasteiger partial charge is 0.508 e. The van der Waals surface area contributed by atoms with Gasteiger partial charge < -0.3 is 10.4 Å². The van der Waals surface area contributed by atoms with E-state index in [9.17, 15) is 10.4 Å². The van der Waals surface area contributed by atoms with E-state index >= 15 is 0 Å². The summed E-state index contributed by atoms with van der Waals surface area (Å²) in [5.74, 6) is 0.926. The molecule has 23 heavy (non-hydrogen) atoms. The van der Waals surface area contributed by atoms with Crippen LogP contribution in [-0.4, -0.2) is 26.5 Å². The third-order valence-electron chi connectivity index (χ3n) is 3.02. The summed E-state index contributed by atoms with van der Waals surface area (Å²) >= 11 is 0. The quantitative estimate of drug-likeness (QED) is 0.642. The summed E-state index contributed by atoms with van der Waals surface area (Å²) in [6.45, 7) is 0. The average molecular weight is 304 g/mol. The first-order valence-corrected chi connectivity index (χ1v) is 6.75. The maximum atomic E-state index is 9.33. The number of hydrogen-bond acceptors (Lipinski definition) is 6. The molecule has 3 N–H and O–H groups in total. The van der Waals surface area contributed by atoms with Crippen molar-refractivity contribution in [2.45, 2.75) is 0 Å². The van der Waals surface area contributed by atoms with Crippen molar-refractivity contribution in [2.24, 2.45) is 4.99 Å². The van der Waals surface area contributed by atoms with Gasteiger partial charge in [-0.05, 0) is 42.0 Å². The van der Waals surface area contributed by atoms with Crippen molar-refractivity contribution in [1.82, 2.24) is 15.2 Å². The van der Waals surface area contributed by atoms with Crippen LogP contribution in [0.2, 0.25) is 0 Å². The molecule has 0 aliphatic heterocycles. The van der Waals surface area contributed by atoms with E-state index in [1.165, 1.54) is 0 Å². The molecule has 7 heteroatoms. The Morgan fingerprint density at radius 1 is 1.26 bits per heavy atom. The van der Waals surface area contributed by atoms with Crippen LogP contribution in [0.4, 0.5) is 17.3 Å². The molecule has 1 aromatic carbocycles. The number of phenols is 1. The third-order valence-corrected chi connectivity index (χ3v) is 3.02. The van der Waals surface area contributed by atoms with E-state index in [0.717, 1.165) is 11.3 Å². The zero-order valence-electron chi connectivity index (χ0n) is 11.9. The summed E-state index contributed by atoms with van der Waals surface area (Å²) in [6.07, 6.45) is 4.88. The lowest BCUT2D eigenvalue weighted by atomic mass is 10.2. The number of aromatic amines is 1. The molecule has 0 radical (unpaired) electrons.